The molecule has 0 radical (unpaired) electrons. The number of aliphatic hydroxyl groups excluding tert-OH is 1. The van der Waals surface area contributed by atoms with Crippen molar-refractivity contribution < 1.29 is 9.50 Å². The van der Waals surface area contributed by atoms with E-state index in [0.29, 0.717) is 18.5 Å². The Hall–Kier alpha value is -1.72. The summed E-state index contributed by atoms with van der Waals surface area (Å²) in [4.78, 5) is 6.41. The van der Waals surface area contributed by atoms with Gasteiger partial charge in [-0.25, -0.2) is 9.37 Å². The average Bonchev–Trinajstić information content (AvgIpc) is 3.04. The summed E-state index contributed by atoms with van der Waals surface area (Å²) in [5.41, 5.74) is 0.763. The minimum Gasteiger partial charge on any atom is -0.387 e. The molecule has 1 fully saturated rings. The normalized spacial score (nSPS) is 24.3. The number of hydrogen-bond acceptors (Lipinski definition) is 3. The summed E-state index contributed by atoms with van der Waals surface area (Å²) in [6.07, 6.45) is 6.18. The van der Waals surface area contributed by atoms with Gasteiger partial charge in [-0.2, -0.15) is 0 Å². The van der Waals surface area contributed by atoms with Crippen LogP contribution in [0.3, 0.4) is 0 Å². The fourth-order valence-corrected chi connectivity index (χ4v) is 3.17. The molecule has 0 aliphatic carbocycles. The summed E-state index contributed by atoms with van der Waals surface area (Å²) >= 11 is 0. The van der Waals surface area contributed by atoms with Crippen molar-refractivity contribution in [2.45, 2.75) is 25.5 Å². The molecule has 22 heavy (non-hydrogen) atoms. The van der Waals surface area contributed by atoms with Gasteiger partial charge in [0.1, 0.15) is 5.82 Å². The third-order valence-corrected chi connectivity index (χ3v) is 4.60. The number of β-amino-alcohol motifs (C(OH)–C–C–N with tert-alkyl or cyclic N) is 1. The van der Waals surface area contributed by atoms with Gasteiger partial charge in [0.05, 0.1) is 12.4 Å². The lowest BCUT2D eigenvalue weighted by atomic mass is 9.93. The van der Waals surface area contributed by atoms with Crippen LogP contribution in [0.4, 0.5) is 4.39 Å². The lowest BCUT2D eigenvalue weighted by molar-refractivity contribution is 0.0686. The quantitative estimate of drug-likeness (QED) is 0.944. The number of halogens is 1. The number of hydrogen-bond donors (Lipinski definition) is 1. The topological polar surface area (TPSA) is 41.3 Å². The van der Waals surface area contributed by atoms with Crippen LogP contribution in [0.2, 0.25) is 0 Å². The second kappa shape index (κ2) is 6.58. The van der Waals surface area contributed by atoms with E-state index in [1.54, 1.807) is 18.3 Å². The summed E-state index contributed by atoms with van der Waals surface area (Å²) < 4.78 is 15.1. The van der Waals surface area contributed by atoms with Crippen LogP contribution in [0.25, 0.3) is 0 Å². The molecule has 0 bridgehead atoms. The first kappa shape index (κ1) is 15.2. The highest BCUT2D eigenvalue weighted by Gasteiger charge is 2.28. The molecule has 1 aromatic heterocycles. The van der Waals surface area contributed by atoms with Crippen molar-refractivity contribution in [2.24, 2.45) is 5.92 Å². The molecular weight excluding hydrogens is 281 g/mol. The van der Waals surface area contributed by atoms with E-state index in [1.165, 1.54) is 12.1 Å². The second-order valence-electron chi connectivity index (χ2n) is 6.17. The molecule has 4 nitrogen and oxygen atoms in total. The van der Waals surface area contributed by atoms with Crippen molar-refractivity contribution in [1.82, 2.24) is 14.5 Å². The van der Waals surface area contributed by atoms with Gasteiger partial charge in [0.25, 0.3) is 0 Å². The lowest BCUT2D eigenvalue weighted by Crippen LogP contribution is -2.42. The van der Waals surface area contributed by atoms with E-state index in [9.17, 15) is 9.50 Å². The average molecular weight is 303 g/mol. The first-order valence-corrected chi connectivity index (χ1v) is 7.77. The Labute approximate surface area is 130 Å². The Kier molecular flexibility index (Phi) is 4.55. The Morgan fingerprint density at radius 2 is 2.14 bits per heavy atom. The van der Waals surface area contributed by atoms with Gasteiger partial charge in [-0.05, 0) is 36.6 Å². The minimum absolute atomic E-state index is 0.275. The molecule has 1 N–H and O–H groups in total. The van der Waals surface area contributed by atoms with Gasteiger partial charge in [0.2, 0.25) is 0 Å². The number of likely N-dealkylation sites (tertiary alicyclic amines) is 1. The van der Waals surface area contributed by atoms with E-state index in [-0.39, 0.29) is 5.82 Å². The number of nitrogens with zero attached hydrogens (tertiary/aromatic N) is 3. The molecule has 2 heterocycles. The summed E-state index contributed by atoms with van der Waals surface area (Å²) in [6, 6.07) is 6.48. The standard InChI is InChI=1S/C17H22FN3O/c1-13-6-8-20(10-16(13)21-9-7-19-12-21)11-17(22)14-2-4-15(18)5-3-14/h2-5,7,9,12-13,16-17,22H,6,8,10-11H2,1H3. The number of benzene rings is 1. The first-order chi connectivity index (χ1) is 10.6. The Morgan fingerprint density at radius 3 is 2.82 bits per heavy atom. The van der Waals surface area contributed by atoms with E-state index in [2.05, 4.69) is 21.4 Å². The van der Waals surface area contributed by atoms with Crippen LogP contribution < -0.4 is 0 Å². The molecule has 118 valence electrons. The maximum absolute atomic E-state index is 13.0. The predicted octanol–water partition coefficient (Wildman–Crippen LogP) is 2.64. The monoisotopic (exact) mass is 303 g/mol. The van der Waals surface area contributed by atoms with Gasteiger partial charge >= 0.3 is 0 Å². The Morgan fingerprint density at radius 1 is 1.36 bits per heavy atom. The Bertz CT molecular complexity index is 584. The number of imidazole rings is 1. The van der Waals surface area contributed by atoms with Crippen molar-refractivity contribution in [3.8, 4) is 0 Å². The fourth-order valence-electron chi connectivity index (χ4n) is 3.17. The van der Waals surface area contributed by atoms with Crippen LogP contribution in [0, 0.1) is 11.7 Å². The summed E-state index contributed by atoms with van der Waals surface area (Å²) in [5.74, 6) is 0.316. The summed E-state index contributed by atoms with van der Waals surface area (Å²) in [5, 5.41) is 10.4. The van der Waals surface area contributed by atoms with Crippen molar-refractivity contribution in [2.75, 3.05) is 19.6 Å². The predicted molar refractivity (Wildman–Crippen MR) is 82.8 cm³/mol. The van der Waals surface area contributed by atoms with E-state index >= 15 is 0 Å². The second-order valence-corrected chi connectivity index (χ2v) is 6.17. The number of piperidine rings is 1. The van der Waals surface area contributed by atoms with E-state index in [4.69, 9.17) is 0 Å². The van der Waals surface area contributed by atoms with Crippen LogP contribution in [0.1, 0.15) is 31.1 Å². The van der Waals surface area contributed by atoms with Gasteiger partial charge in [-0.1, -0.05) is 19.1 Å². The van der Waals surface area contributed by atoms with Crippen molar-refractivity contribution in [1.29, 1.82) is 0 Å². The van der Waals surface area contributed by atoms with E-state index in [0.717, 1.165) is 25.1 Å². The van der Waals surface area contributed by atoms with Crippen LogP contribution in [-0.4, -0.2) is 39.2 Å². The van der Waals surface area contributed by atoms with Gasteiger partial charge < -0.3 is 9.67 Å². The SMILES string of the molecule is CC1CCN(CC(O)c2ccc(F)cc2)CC1n1ccnc1. The highest BCUT2D eigenvalue weighted by atomic mass is 19.1. The highest BCUT2D eigenvalue weighted by Crippen LogP contribution is 2.28. The van der Waals surface area contributed by atoms with Crippen LogP contribution in [0.15, 0.2) is 43.0 Å². The smallest absolute Gasteiger partial charge is 0.123 e. The molecule has 3 unspecified atom stereocenters. The van der Waals surface area contributed by atoms with E-state index in [1.807, 2.05) is 12.5 Å². The van der Waals surface area contributed by atoms with Gasteiger partial charge in [0.15, 0.2) is 0 Å². The summed E-state index contributed by atoms with van der Waals surface area (Å²) in [7, 11) is 0. The maximum atomic E-state index is 13.0. The van der Waals surface area contributed by atoms with Gasteiger partial charge in [-0.15, -0.1) is 0 Å². The molecule has 1 saturated heterocycles. The first-order valence-electron chi connectivity index (χ1n) is 7.77. The van der Waals surface area contributed by atoms with Crippen LogP contribution in [-0.2, 0) is 0 Å². The van der Waals surface area contributed by atoms with Crippen molar-refractivity contribution >= 4 is 0 Å². The number of aromatic nitrogens is 2. The van der Waals surface area contributed by atoms with Crippen LogP contribution >= 0.6 is 0 Å². The van der Waals surface area contributed by atoms with Gasteiger partial charge in [-0.3, -0.25) is 4.90 Å². The number of rotatable bonds is 4. The molecule has 1 aromatic carbocycles. The van der Waals surface area contributed by atoms with Gasteiger partial charge in [0, 0.05) is 31.5 Å². The van der Waals surface area contributed by atoms with Crippen molar-refractivity contribution in [3.05, 3.63) is 54.4 Å². The largest absolute Gasteiger partial charge is 0.387 e. The maximum Gasteiger partial charge on any atom is 0.123 e. The zero-order valence-corrected chi connectivity index (χ0v) is 12.8. The Balaban J connectivity index is 1.64. The molecule has 0 saturated carbocycles. The zero-order valence-electron chi connectivity index (χ0n) is 12.8. The zero-order chi connectivity index (χ0) is 15.5. The third-order valence-electron chi connectivity index (χ3n) is 4.60. The molecule has 3 atom stereocenters. The molecular formula is C17H22FN3O. The summed E-state index contributed by atoms with van der Waals surface area (Å²) in [6.45, 7) is 4.71. The molecule has 3 rings (SSSR count). The minimum atomic E-state index is -0.586. The molecule has 5 heteroatoms. The molecule has 1 aliphatic heterocycles. The van der Waals surface area contributed by atoms with E-state index < -0.39 is 6.10 Å². The molecule has 2 aromatic rings. The number of aliphatic hydroxyl groups is 1. The van der Waals surface area contributed by atoms with Crippen molar-refractivity contribution in [3.63, 3.8) is 0 Å². The molecule has 1 aliphatic rings. The lowest BCUT2D eigenvalue weighted by Gasteiger charge is -2.38. The van der Waals surface area contributed by atoms with Crippen LogP contribution in [0.5, 0.6) is 0 Å². The molecule has 0 spiro atoms. The highest BCUT2D eigenvalue weighted by molar-refractivity contribution is 5.18. The fraction of sp³-hybridized carbons (Fsp3) is 0.471. The third kappa shape index (κ3) is 3.36. The molecule has 0 amide bonds.